The van der Waals surface area contributed by atoms with Crippen LogP contribution in [0.15, 0.2) is 52.4 Å². The van der Waals surface area contributed by atoms with Gasteiger partial charge >= 0.3 is 0 Å². The minimum Gasteiger partial charge on any atom is -0.493 e. The van der Waals surface area contributed by atoms with Crippen LogP contribution < -0.4 is 20.3 Å². The maximum absolute atomic E-state index is 13.1. The van der Waals surface area contributed by atoms with Crippen molar-refractivity contribution in [2.75, 3.05) is 19.5 Å². The average Bonchev–Trinajstić information content (AvgIpc) is 2.80. The van der Waals surface area contributed by atoms with Crippen molar-refractivity contribution in [2.24, 2.45) is 7.05 Å². The van der Waals surface area contributed by atoms with Gasteiger partial charge in [-0.2, -0.15) is 4.98 Å². The number of rotatable bonds is 6. The number of hydrogen-bond donors (Lipinski definition) is 1. The number of halogens is 1. The van der Waals surface area contributed by atoms with Gasteiger partial charge in [-0.15, -0.1) is 0 Å². The molecule has 3 aromatic rings. The monoisotopic (exact) mass is 455 g/mol. The van der Waals surface area contributed by atoms with E-state index in [1.165, 1.54) is 31.0 Å². The van der Waals surface area contributed by atoms with Crippen LogP contribution in [0, 0.1) is 5.82 Å². The highest BCUT2D eigenvalue weighted by molar-refractivity contribution is 7.98. The Morgan fingerprint density at radius 2 is 1.84 bits per heavy atom. The lowest BCUT2D eigenvalue weighted by Gasteiger charge is -2.28. The van der Waals surface area contributed by atoms with Crippen LogP contribution in [0.2, 0.25) is 0 Å². The van der Waals surface area contributed by atoms with Gasteiger partial charge in [-0.05, 0) is 35.4 Å². The number of nitrogens with zero attached hydrogens (tertiary/aromatic N) is 2. The molecule has 0 radical (unpaired) electrons. The number of carbonyl (C=O) groups excluding carboxylic acids is 1. The molecule has 1 aliphatic rings. The predicted molar refractivity (Wildman–Crippen MR) is 120 cm³/mol. The topological polar surface area (TPSA) is 82.5 Å². The standard InChI is InChI=1S/C23H22FN3O4S/c1-27-21-20(22(29)26-23(27)32-12-13-4-7-15(24)8-5-13)16(11-19(28)25-21)14-6-9-17(30-2)18(10-14)31-3/h4-10,16H,11-12H2,1-3H3,(H,25,28)/t16-/m1/s1. The van der Waals surface area contributed by atoms with Crippen LogP contribution in [0.3, 0.4) is 0 Å². The highest BCUT2D eigenvalue weighted by atomic mass is 32.2. The first-order valence-corrected chi connectivity index (χ1v) is 10.9. The summed E-state index contributed by atoms with van der Waals surface area (Å²) in [4.78, 5) is 29.9. The normalized spacial score (nSPS) is 15.1. The fraction of sp³-hybridized carbons (Fsp3) is 0.261. The van der Waals surface area contributed by atoms with E-state index in [0.29, 0.717) is 33.8 Å². The summed E-state index contributed by atoms with van der Waals surface area (Å²) >= 11 is 1.34. The van der Waals surface area contributed by atoms with Gasteiger partial charge in [0.05, 0.1) is 19.8 Å². The third-order valence-corrected chi connectivity index (χ3v) is 6.49. The molecule has 1 amide bonds. The van der Waals surface area contributed by atoms with E-state index in [-0.39, 0.29) is 23.7 Å². The molecular formula is C23H22FN3O4S. The van der Waals surface area contributed by atoms with Crippen molar-refractivity contribution >= 4 is 23.5 Å². The first-order chi connectivity index (χ1) is 15.4. The molecule has 0 saturated heterocycles. The Morgan fingerprint density at radius 1 is 1.12 bits per heavy atom. The van der Waals surface area contributed by atoms with Gasteiger partial charge < -0.3 is 19.4 Å². The minimum atomic E-state index is -0.457. The van der Waals surface area contributed by atoms with E-state index in [2.05, 4.69) is 10.3 Å². The van der Waals surface area contributed by atoms with Gasteiger partial charge in [0.1, 0.15) is 11.6 Å². The van der Waals surface area contributed by atoms with Crippen LogP contribution in [-0.4, -0.2) is 29.7 Å². The molecular weight excluding hydrogens is 433 g/mol. The van der Waals surface area contributed by atoms with Gasteiger partial charge in [0.25, 0.3) is 5.56 Å². The zero-order chi connectivity index (χ0) is 22.8. The van der Waals surface area contributed by atoms with Gasteiger partial charge in [0.15, 0.2) is 16.7 Å². The first-order valence-electron chi connectivity index (χ1n) is 9.91. The molecule has 9 heteroatoms. The molecule has 1 aliphatic heterocycles. The van der Waals surface area contributed by atoms with Gasteiger partial charge in [-0.25, -0.2) is 4.39 Å². The van der Waals surface area contributed by atoms with Crippen LogP contribution in [0.25, 0.3) is 0 Å². The summed E-state index contributed by atoms with van der Waals surface area (Å²) in [6.45, 7) is 0. The Morgan fingerprint density at radius 3 is 2.53 bits per heavy atom. The molecule has 2 heterocycles. The largest absolute Gasteiger partial charge is 0.493 e. The van der Waals surface area contributed by atoms with Crippen LogP contribution in [0.5, 0.6) is 11.5 Å². The predicted octanol–water partition coefficient (Wildman–Crippen LogP) is 3.70. The number of aromatic nitrogens is 2. The summed E-state index contributed by atoms with van der Waals surface area (Å²) in [7, 11) is 4.84. The Kier molecular flexibility index (Phi) is 6.18. The third-order valence-electron chi connectivity index (χ3n) is 5.39. The summed E-state index contributed by atoms with van der Waals surface area (Å²) in [5, 5.41) is 3.30. The van der Waals surface area contributed by atoms with E-state index < -0.39 is 5.92 Å². The Labute approximate surface area is 188 Å². The molecule has 1 N–H and O–H groups in total. The third kappa shape index (κ3) is 4.20. The SMILES string of the molecule is COc1ccc([C@H]2CC(=O)Nc3c2c(=O)nc(SCc2ccc(F)cc2)n3C)cc1OC. The van der Waals surface area contributed by atoms with E-state index in [0.717, 1.165) is 11.1 Å². The fourth-order valence-electron chi connectivity index (χ4n) is 3.75. The summed E-state index contributed by atoms with van der Waals surface area (Å²) < 4.78 is 25.5. The lowest BCUT2D eigenvalue weighted by atomic mass is 9.86. The van der Waals surface area contributed by atoms with Crippen molar-refractivity contribution in [1.82, 2.24) is 9.55 Å². The average molecular weight is 456 g/mol. The maximum atomic E-state index is 13.1. The van der Waals surface area contributed by atoms with Crippen molar-refractivity contribution in [3.05, 3.63) is 75.3 Å². The number of anilines is 1. The van der Waals surface area contributed by atoms with Crippen molar-refractivity contribution in [1.29, 1.82) is 0 Å². The number of amides is 1. The molecule has 0 aliphatic carbocycles. The van der Waals surface area contributed by atoms with Crippen molar-refractivity contribution in [3.63, 3.8) is 0 Å². The van der Waals surface area contributed by atoms with Gasteiger partial charge in [-0.1, -0.05) is 30.0 Å². The maximum Gasteiger partial charge on any atom is 0.279 e. The van der Waals surface area contributed by atoms with E-state index in [1.807, 2.05) is 6.07 Å². The van der Waals surface area contributed by atoms with E-state index in [1.54, 1.807) is 43.0 Å². The second-order valence-corrected chi connectivity index (χ2v) is 8.30. The summed E-state index contributed by atoms with van der Waals surface area (Å²) in [6, 6.07) is 11.5. The fourth-order valence-corrected chi connectivity index (χ4v) is 4.67. The number of carbonyl (C=O) groups is 1. The Balaban J connectivity index is 1.71. The summed E-state index contributed by atoms with van der Waals surface area (Å²) in [5.41, 5.74) is 1.71. The molecule has 0 unspecified atom stereocenters. The second kappa shape index (κ2) is 9.04. The molecule has 0 bridgehead atoms. The molecule has 4 rings (SSSR count). The molecule has 1 aromatic heterocycles. The molecule has 0 spiro atoms. The van der Waals surface area contributed by atoms with Crippen LogP contribution in [0.4, 0.5) is 10.2 Å². The molecule has 0 fully saturated rings. The molecule has 7 nitrogen and oxygen atoms in total. The summed E-state index contributed by atoms with van der Waals surface area (Å²) in [5.74, 6) is 1.08. The highest BCUT2D eigenvalue weighted by Gasteiger charge is 2.32. The molecule has 166 valence electrons. The lowest BCUT2D eigenvalue weighted by Crippen LogP contribution is -2.33. The van der Waals surface area contributed by atoms with Crippen LogP contribution in [-0.2, 0) is 17.6 Å². The number of fused-ring (bicyclic) bond motifs is 1. The molecule has 1 atom stereocenters. The molecule has 32 heavy (non-hydrogen) atoms. The molecule has 2 aromatic carbocycles. The Hall–Kier alpha value is -3.33. The molecule has 0 saturated carbocycles. The number of nitrogens with one attached hydrogen (secondary N) is 1. The van der Waals surface area contributed by atoms with Gasteiger partial charge in [0.2, 0.25) is 5.91 Å². The smallest absolute Gasteiger partial charge is 0.279 e. The minimum absolute atomic E-state index is 0.126. The van der Waals surface area contributed by atoms with Crippen LogP contribution >= 0.6 is 11.8 Å². The van der Waals surface area contributed by atoms with E-state index >= 15 is 0 Å². The zero-order valence-corrected chi connectivity index (χ0v) is 18.7. The van der Waals surface area contributed by atoms with Crippen LogP contribution in [0.1, 0.15) is 29.0 Å². The van der Waals surface area contributed by atoms with Crippen molar-refractivity contribution in [3.8, 4) is 11.5 Å². The highest BCUT2D eigenvalue weighted by Crippen LogP contribution is 2.39. The number of ether oxygens (including phenoxy) is 2. The van der Waals surface area contributed by atoms with E-state index in [9.17, 15) is 14.0 Å². The summed E-state index contributed by atoms with van der Waals surface area (Å²) in [6.07, 6.45) is 0.126. The quantitative estimate of drug-likeness (QED) is 0.451. The number of thioether (sulfide) groups is 1. The number of methoxy groups -OCH3 is 2. The van der Waals surface area contributed by atoms with Gasteiger partial charge in [-0.3, -0.25) is 9.59 Å². The Bertz CT molecular complexity index is 1230. The lowest BCUT2D eigenvalue weighted by molar-refractivity contribution is -0.116. The number of benzene rings is 2. The zero-order valence-electron chi connectivity index (χ0n) is 17.8. The number of hydrogen-bond acceptors (Lipinski definition) is 6. The second-order valence-electron chi connectivity index (χ2n) is 7.36. The van der Waals surface area contributed by atoms with Crippen molar-refractivity contribution < 1.29 is 18.7 Å². The van der Waals surface area contributed by atoms with Gasteiger partial charge in [0, 0.05) is 25.1 Å². The van der Waals surface area contributed by atoms with Crippen molar-refractivity contribution in [2.45, 2.75) is 23.2 Å². The van der Waals surface area contributed by atoms with E-state index in [4.69, 9.17) is 9.47 Å². The first kappa shape index (κ1) is 21.9.